The summed E-state index contributed by atoms with van der Waals surface area (Å²) in [4.78, 5) is 4.94. The molecule has 2 aromatic heterocycles. The van der Waals surface area contributed by atoms with Gasteiger partial charge in [-0.25, -0.2) is 0 Å². The highest BCUT2D eigenvalue weighted by atomic mass is 28.3. The fourth-order valence-corrected chi connectivity index (χ4v) is 5.30. The van der Waals surface area contributed by atoms with Gasteiger partial charge in [0.2, 0.25) is 0 Å². The first-order chi connectivity index (χ1) is 12.8. The Morgan fingerprint density at radius 3 is 2.41 bits per heavy atom. The zero-order valence-corrected chi connectivity index (χ0v) is 17.8. The quantitative estimate of drug-likeness (QED) is 0.387. The molecule has 0 amide bonds. The number of para-hydroxylation sites is 1. The Bertz CT molecular complexity index is 1120. The predicted octanol–water partition coefficient (Wildman–Crippen LogP) is 6.39. The Balaban J connectivity index is 1.90. The molecule has 0 fully saturated rings. The van der Waals surface area contributed by atoms with Crippen LogP contribution in [-0.2, 0) is 6.42 Å². The van der Waals surface area contributed by atoms with Crippen LogP contribution in [0.1, 0.15) is 19.4 Å². The van der Waals surface area contributed by atoms with E-state index >= 15 is 0 Å². The van der Waals surface area contributed by atoms with Crippen molar-refractivity contribution in [1.29, 1.82) is 0 Å². The molecular formula is C24H27NOSi. The van der Waals surface area contributed by atoms with Gasteiger partial charge in [-0.2, -0.15) is 0 Å². The largest absolute Gasteiger partial charge is 0.456 e. The lowest BCUT2D eigenvalue weighted by molar-refractivity contribution is 0.646. The molecule has 3 heteroatoms. The molecule has 4 rings (SSSR count). The maximum atomic E-state index is 5.99. The molecule has 0 aliphatic rings. The van der Waals surface area contributed by atoms with Crippen molar-refractivity contribution in [3.05, 3.63) is 60.3 Å². The Hall–Kier alpha value is -2.39. The van der Waals surface area contributed by atoms with Gasteiger partial charge in [0.1, 0.15) is 11.2 Å². The lowest BCUT2D eigenvalue weighted by atomic mass is 10.0. The number of hydrogen-bond acceptors (Lipinski definition) is 2. The zero-order valence-electron chi connectivity index (χ0n) is 16.8. The fraction of sp³-hybridized carbons (Fsp3) is 0.292. The molecule has 0 spiro atoms. The standard InChI is InChI=1S/C24H27NOSi/c1-16(2)12-17-13-23(27(3,4)5)24(25-15-17)18-10-11-22-20(14-18)19-8-6-7-9-21(19)26-22/h6-11,13-16H,12H2,1-5H3. The monoisotopic (exact) mass is 373 g/mol. The second kappa shape index (κ2) is 6.65. The van der Waals surface area contributed by atoms with Crippen molar-refractivity contribution >= 4 is 35.2 Å². The van der Waals surface area contributed by atoms with E-state index in [1.807, 2.05) is 12.1 Å². The minimum absolute atomic E-state index is 0.640. The molecule has 0 atom stereocenters. The molecule has 4 aromatic rings. The van der Waals surface area contributed by atoms with Gasteiger partial charge in [-0.15, -0.1) is 0 Å². The van der Waals surface area contributed by atoms with Crippen molar-refractivity contribution < 1.29 is 4.42 Å². The van der Waals surface area contributed by atoms with E-state index in [9.17, 15) is 0 Å². The van der Waals surface area contributed by atoms with Crippen molar-refractivity contribution in [1.82, 2.24) is 4.98 Å². The average Bonchev–Trinajstić information content (AvgIpc) is 2.98. The number of fused-ring (bicyclic) bond motifs is 3. The molecule has 0 saturated carbocycles. The second-order valence-corrected chi connectivity index (χ2v) is 13.9. The third-order valence-corrected chi connectivity index (χ3v) is 7.04. The topological polar surface area (TPSA) is 26.0 Å². The number of pyridine rings is 1. The van der Waals surface area contributed by atoms with Crippen LogP contribution in [0.3, 0.4) is 0 Å². The summed E-state index contributed by atoms with van der Waals surface area (Å²) in [6.07, 6.45) is 3.15. The van der Waals surface area contributed by atoms with Crippen molar-refractivity contribution in [3.8, 4) is 11.3 Å². The second-order valence-electron chi connectivity index (χ2n) is 8.90. The number of hydrogen-bond donors (Lipinski definition) is 0. The Morgan fingerprint density at radius 2 is 1.67 bits per heavy atom. The van der Waals surface area contributed by atoms with E-state index in [-0.39, 0.29) is 0 Å². The highest BCUT2D eigenvalue weighted by Gasteiger charge is 2.23. The average molecular weight is 374 g/mol. The van der Waals surface area contributed by atoms with Crippen LogP contribution < -0.4 is 5.19 Å². The van der Waals surface area contributed by atoms with Gasteiger partial charge in [0.25, 0.3) is 0 Å². The molecule has 138 valence electrons. The van der Waals surface area contributed by atoms with E-state index in [2.05, 4.69) is 76.1 Å². The van der Waals surface area contributed by atoms with Gasteiger partial charge in [0.05, 0.1) is 13.8 Å². The van der Waals surface area contributed by atoms with Crippen LogP contribution >= 0.6 is 0 Å². The smallest absolute Gasteiger partial charge is 0.135 e. The first-order valence-electron chi connectivity index (χ1n) is 9.74. The normalized spacial score (nSPS) is 12.4. The van der Waals surface area contributed by atoms with E-state index in [1.165, 1.54) is 21.7 Å². The number of furan rings is 1. The van der Waals surface area contributed by atoms with Crippen LogP contribution in [0.2, 0.25) is 19.6 Å². The summed E-state index contributed by atoms with van der Waals surface area (Å²) in [7, 11) is -1.53. The predicted molar refractivity (Wildman–Crippen MR) is 118 cm³/mol. The third-order valence-electron chi connectivity index (χ3n) is 5.05. The van der Waals surface area contributed by atoms with Crippen LogP contribution in [0, 0.1) is 5.92 Å². The number of benzene rings is 2. The maximum absolute atomic E-state index is 5.99. The Labute approximate surface area is 162 Å². The van der Waals surface area contributed by atoms with Crippen molar-refractivity contribution in [2.24, 2.45) is 5.92 Å². The summed E-state index contributed by atoms with van der Waals surface area (Å²) >= 11 is 0. The summed E-state index contributed by atoms with van der Waals surface area (Å²) < 4.78 is 5.99. The summed E-state index contributed by atoms with van der Waals surface area (Å²) in [5, 5.41) is 3.77. The van der Waals surface area contributed by atoms with Crippen molar-refractivity contribution in [2.75, 3.05) is 0 Å². The molecular weight excluding hydrogens is 346 g/mol. The van der Waals surface area contributed by atoms with E-state index in [0.717, 1.165) is 28.7 Å². The molecule has 0 aliphatic carbocycles. The highest BCUT2D eigenvalue weighted by molar-refractivity contribution is 6.89. The lowest BCUT2D eigenvalue weighted by Gasteiger charge is -2.22. The zero-order chi connectivity index (χ0) is 19.2. The first kappa shape index (κ1) is 18.0. The molecule has 2 aromatic carbocycles. The number of rotatable bonds is 4. The molecule has 0 radical (unpaired) electrons. The van der Waals surface area contributed by atoms with Crippen LogP contribution in [0.5, 0.6) is 0 Å². The summed E-state index contributed by atoms with van der Waals surface area (Å²) in [6, 6.07) is 17.1. The van der Waals surface area contributed by atoms with Crippen LogP contribution in [0.25, 0.3) is 33.2 Å². The molecule has 0 saturated heterocycles. The van der Waals surface area contributed by atoms with Gasteiger partial charge in [-0.05, 0) is 47.4 Å². The third kappa shape index (κ3) is 3.44. The molecule has 0 unspecified atom stereocenters. The SMILES string of the molecule is CC(C)Cc1cnc(-c2ccc3oc4ccccc4c3c2)c([Si](C)(C)C)c1. The summed E-state index contributed by atoms with van der Waals surface area (Å²) in [5.74, 6) is 0.640. The van der Waals surface area contributed by atoms with Gasteiger partial charge in [-0.3, -0.25) is 4.98 Å². The van der Waals surface area contributed by atoms with Gasteiger partial charge in [-0.1, -0.05) is 57.8 Å². The molecule has 0 N–H and O–H groups in total. The highest BCUT2D eigenvalue weighted by Crippen LogP contribution is 2.32. The van der Waals surface area contributed by atoms with Crippen LogP contribution in [0.4, 0.5) is 0 Å². The van der Waals surface area contributed by atoms with E-state index < -0.39 is 8.07 Å². The molecule has 0 bridgehead atoms. The first-order valence-corrected chi connectivity index (χ1v) is 13.2. The van der Waals surface area contributed by atoms with E-state index in [1.54, 1.807) is 0 Å². The van der Waals surface area contributed by atoms with E-state index in [4.69, 9.17) is 9.40 Å². The minimum atomic E-state index is -1.53. The van der Waals surface area contributed by atoms with Crippen LogP contribution in [0.15, 0.2) is 59.1 Å². The molecule has 27 heavy (non-hydrogen) atoms. The number of nitrogens with zero attached hydrogens (tertiary/aromatic N) is 1. The lowest BCUT2D eigenvalue weighted by Crippen LogP contribution is -2.40. The van der Waals surface area contributed by atoms with Crippen LogP contribution in [-0.4, -0.2) is 13.1 Å². The van der Waals surface area contributed by atoms with Crippen molar-refractivity contribution in [2.45, 2.75) is 39.9 Å². The Morgan fingerprint density at radius 1 is 0.926 bits per heavy atom. The summed E-state index contributed by atoms with van der Waals surface area (Å²) in [5.41, 5.74) is 5.54. The van der Waals surface area contributed by atoms with Gasteiger partial charge in [0, 0.05) is 22.5 Å². The number of aromatic nitrogens is 1. The molecule has 2 heterocycles. The van der Waals surface area contributed by atoms with Gasteiger partial charge in [0.15, 0.2) is 0 Å². The Kier molecular flexibility index (Phi) is 4.43. The maximum Gasteiger partial charge on any atom is 0.135 e. The fourth-order valence-electron chi connectivity index (χ4n) is 3.77. The van der Waals surface area contributed by atoms with Crippen molar-refractivity contribution in [3.63, 3.8) is 0 Å². The van der Waals surface area contributed by atoms with E-state index in [0.29, 0.717) is 5.92 Å². The van der Waals surface area contributed by atoms with Gasteiger partial charge >= 0.3 is 0 Å². The molecule has 2 nitrogen and oxygen atoms in total. The summed E-state index contributed by atoms with van der Waals surface area (Å²) in [6.45, 7) is 11.7. The minimum Gasteiger partial charge on any atom is -0.456 e. The molecule has 0 aliphatic heterocycles. The van der Waals surface area contributed by atoms with Gasteiger partial charge < -0.3 is 4.42 Å².